The molecule has 0 aliphatic heterocycles. The molecule has 0 aromatic carbocycles. The molecule has 4 heteroatoms. The van der Waals surface area contributed by atoms with E-state index in [0.29, 0.717) is 0 Å². The Labute approximate surface area is 61.3 Å². The summed E-state index contributed by atoms with van der Waals surface area (Å²) in [6.07, 6.45) is 0. The van der Waals surface area contributed by atoms with Gasteiger partial charge < -0.3 is 0 Å². The van der Waals surface area contributed by atoms with Crippen LogP contribution in [-0.2, 0) is 54.7 Å². The van der Waals surface area contributed by atoms with E-state index < -0.39 is 0 Å². The van der Waals surface area contributed by atoms with E-state index in [1.807, 2.05) is 0 Å². The Kier molecular flexibility index (Phi) is 77.3. The van der Waals surface area contributed by atoms with Crippen LogP contribution < -0.4 is 0 Å². The zero-order valence-electron chi connectivity index (χ0n) is 1.68. The van der Waals surface area contributed by atoms with Gasteiger partial charge in [0.05, 0.1) is 0 Å². The van der Waals surface area contributed by atoms with Gasteiger partial charge in [0.15, 0.2) is 0 Å². The first-order valence-corrected chi connectivity index (χ1v) is 6.34. The molecule has 0 amide bonds. The third-order valence-electron chi connectivity index (χ3n) is 0. The summed E-state index contributed by atoms with van der Waals surface area (Å²) in [7, 11) is 2.53. The van der Waals surface area contributed by atoms with Crippen molar-refractivity contribution in [2.45, 2.75) is 0 Å². The zero-order valence-corrected chi connectivity index (χ0v) is 8.09. The Morgan fingerprint density at radius 3 is 1.25 bits per heavy atom. The number of hydrogen-bond acceptors (Lipinski definition) is 0. The van der Waals surface area contributed by atoms with E-state index in [1.165, 1.54) is 20.5 Å². The molecule has 0 bridgehead atoms. The van der Waals surface area contributed by atoms with Crippen LogP contribution in [0.1, 0.15) is 0 Å². The van der Waals surface area contributed by atoms with Crippen LogP contribution >= 0.6 is 7.13 Å². The molecule has 31 valence electrons. The van der Waals surface area contributed by atoms with Crippen molar-refractivity contribution in [2.24, 2.45) is 0 Å². The fourth-order valence-corrected chi connectivity index (χ4v) is 0. The van der Waals surface area contributed by atoms with Crippen molar-refractivity contribution in [3.05, 3.63) is 0 Å². The van der Waals surface area contributed by atoms with Gasteiger partial charge in [-0.05, 0) is 0 Å². The summed E-state index contributed by atoms with van der Waals surface area (Å²) in [5.41, 5.74) is 0. The summed E-state index contributed by atoms with van der Waals surface area (Å²) < 4.78 is 0. The second kappa shape index (κ2) is 18.9. The van der Waals surface area contributed by atoms with Crippen molar-refractivity contribution in [3.8, 4) is 0 Å². The van der Waals surface area contributed by atoms with Gasteiger partial charge in [0, 0.05) is 34.1 Å². The minimum absolute atomic E-state index is 0. The second-order valence-corrected chi connectivity index (χ2v) is 0. The topological polar surface area (TPSA) is 0 Å². The first-order chi connectivity index (χ1) is 1.00. The van der Waals surface area contributed by atoms with Crippen LogP contribution in [0.5, 0.6) is 0 Å². The molecule has 0 aromatic rings. The van der Waals surface area contributed by atoms with E-state index in [9.17, 15) is 0 Å². The molecule has 4 heavy (non-hydrogen) atoms. The summed E-state index contributed by atoms with van der Waals surface area (Å²) in [5, 5.41) is 0. The molecule has 0 fully saturated rings. The second-order valence-electron chi connectivity index (χ2n) is 0. The summed E-state index contributed by atoms with van der Waals surface area (Å²) >= 11 is 1.36. The SMILES string of the molecule is [Cu].[Fe].[PH2][Ta]. The van der Waals surface area contributed by atoms with Crippen molar-refractivity contribution >= 4 is 7.13 Å². The first-order valence-electron chi connectivity index (χ1n) is 0.258. The molecule has 0 rings (SSSR count). The molecule has 1 unspecified atom stereocenters. The van der Waals surface area contributed by atoms with Crippen molar-refractivity contribution in [1.29, 1.82) is 0 Å². The maximum atomic E-state index is 2.53. The van der Waals surface area contributed by atoms with Crippen LogP contribution in [0.15, 0.2) is 0 Å². The average molecular weight is 333 g/mol. The van der Waals surface area contributed by atoms with E-state index in [1.54, 1.807) is 0 Å². The average Bonchev–Trinajstić information content (AvgIpc) is 1.00. The van der Waals surface area contributed by atoms with E-state index in [4.69, 9.17) is 0 Å². The predicted molar refractivity (Wildman–Crippen MR) is 9.71 cm³/mol. The van der Waals surface area contributed by atoms with Crippen LogP contribution in [0, 0.1) is 0 Å². The molecule has 0 aromatic heterocycles. The molecule has 0 saturated heterocycles. The third kappa shape index (κ3) is 8.88. The van der Waals surface area contributed by atoms with Crippen molar-refractivity contribution < 1.29 is 54.7 Å². The van der Waals surface area contributed by atoms with Gasteiger partial charge in [-0.15, -0.1) is 0 Å². The summed E-state index contributed by atoms with van der Waals surface area (Å²) in [6.45, 7) is 0. The molecule has 0 nitrogen and oxygen atoms in total. The van der Waals surface area contributed by atoms with Crippen molar-refractivity contribution in [2.75, 3.05) is 0 Å². The number of rotatable bonds is 0. The van der Waals surface area contributed by atoms with Crippen LogP contribution in [-0.4, -0.2) is 0 Å². The molecule has 0 aliphatic carbocycles. The van der Waals surface area contributed by atoms with E-state index in [-0.39, 0.29) is 34.1 Å². The van der Waals surface area contributed by atoms with Gasteiger partial charge in [-0.1, -0.05) is 0 Å². The van der Waals surface area contributed by atoms with Crippen LogP contribution in [0.3, 0.4) is 0 Å². The normalized spacial score (nSPS) is 1.25. The van der Waals surface area contributed by atoms with Crippen LogP contribution in [0.4, 0.5) is 0 Å². The Morgan fingerprint density at radius 1 is 1.25 bits per heavy atom. The van der Waals surface area contributed by atoms with Gasteiger partial charge in [0.1, 0.15) is 0 Å². The fourth-order valence-electron chi connectivity index (χ4n) is 0. The molecular formula is H2CuFePTa. The fraction of sp³-hybridized carbons (Fsp3) is 0. The standard InChI is InChI=1S/Cu.Fe.H2P.Ta/h;;1H2;/q;;-1;+1. The van der Waals surface area contributed by atoms with E-state index >= 15 is 0 Å². The quantitative estimate of drug-likeness (QED) is 0.442. The van der Waals surface area contributed by atoms with E-state index in [0.717, 1.165) is 0 Å². The Bertz CT molecular complexity index is 8.00. The van der Waals surface area contributed by atoms with Crippen molar-refractivity contribution in [3.63, 3.8) is 0 Å². The van der Waals surface area contributed by atoms with Gasteiger partial charge in [0.25, 0.3) is 0 Å². The molecule has 0 spiro atoms. The predicted octanol–water partition coefficient (Wildman–Crippen LogP) is 0.318. The van der Waals surface area contributed by atoms with Crippen molar-refractivity contribution in [1.82, 2.24) is 0 Å². The first kappa shape index (κ1) is 16.4. The molecule has 0 aliphatic rings. The van der Waals surface area contributed by atoms with Crippen LogP contribution in [0.2, 0.25) is 0 Å². The maximum absolute atomic E-state index is 2.53. The summed E-state index contributed by atoms with van der Waals surface area (Å²) in [4.78, 5) is 0. The minimum atomic E-state index is 0. The monoisotopic (exact) mass is 333 g/mol. The molecule has 1 atom stereocenters. The molecule has 0 N–H and O–H groups in total. The molecule has 0 heterocycles. The van der Waals surface area contributed by atoms with Gasteiger partial charge in [0.2, 0.25) is 0 Å². The zero-order chi connectivity index (χ0) is 2.00. The number of hydrogen-bond donors (Lipinski definition) is 0. The van der Waals surface area contributed by atoms with Gasteiger partial charge in [-0.2, -0.15) is 0 Å². The molecule has 0 saturated carbocycles. The third-order valence-corrected chi connectivity index (χ3v) is 0. The summed E-state index contributed by atoms with van der Waals surface area (Å²) in [6, 6.07) is 0. The van der Waals surface area contributed by atoms with Crippen LogP contribution in [0.25, 0.3) is 0 Å². The molecular weight excluding hydrogens is 331 g/mol. The Balaban J connectivity index is -0.00000000500. The summed E-state index contributed by atoms with van der Waals surface area (Å²) in [5.74, 6) is 0. The van der Waals surface area contributed by atoms with Gasteiger partial charge in [-0.3, -0.25) is 0 Å². The Morgan fingerprint density at radius 2 is 1.25 bits per heavy atom. The van der Waals surface area contributed by atoms with Gasteiger partial charge >= 0.3 is 27.7 Å². The van der Waals surface area contributed by atoms with E-state index in [2.05, 4.69) is 7.13 Å². The Hall–Kier alpha value is 2.21. The molecule has 1 radical (unpaired) electrons. The van der Waals surface area contributed by atoms with Gasteiger partial charge in [-0.25, -0.2) is 0 Å².